The van der Waals surface area contributed by atoms with Gasteiger partial charge in [0.1, 0.15) is 6.61 Å². The van der Waals surface area contributed by atoms with Crippen molar-refractivity contribution >= 4 is 18.0 Å². The van der Waals surface area contributed by atoms with Crippen molar-refractivity contribution in [1.82, 2.24) is 4.90 Å². The lowest BCUT2D eigenvalue weighted by molar-refractivity contribution is -0.142. The topological polar surface area (TPSA) is 82.1 Å². The largest absolute Gasteiger partial charge is 0.466 e. The van der Waals surface area contributed by atoms with Crippen molar-refractivity contribution < 1.29 is 28.6 Å². The Balaban J connectivity index is 1.51. The van der Waals surface area contributed by atoms with Gasteiger partial charge in [-0.15, -0.1) is 0 Å². The predicted octanol–water partition coefficient (Wildman–Crippen LogP) is 2.92. The van der Waals surface area contributed by atoms with Gasteiger partial charge in [0.05, 0.1) is 37.4 Å². The summed E-state index contributed by atoms with van der Waals surface area (Å²) in [5.74, 6) is -1.89. The highest BCUT2D eigenvalue weighted by Crippen LogP contribution is 2.68. The van der Waals surface area contributed by atoms with Crippen LogP contribution in [-0.2, 0) is 30.4 Å². The van der Waals surface area contributed by atoms with Gasteiger partial charge in [-0.3, -0.25) is 4.90 Å². The lowest BCUT2D eigenvalue weighted by atomic mass is 9.60. The molecule has 31 heavy (non-hydrogen) atoms. The smallest absolute Gasteiger partial charge is 0.411 e. The molecular weight excluding hydrogens is 398 g/mol. The van der Waals surface area contributed by atoms with Crippen molar-refractivity contribution in [3.05, 3.63) is 82.4 Å². The predicted molar refractivity (Wildman–Crippen MR) is 106 cm³/mol. The molecule has 5 rings (SSSR count). The molecule has 0 saturated carbocycles. The molecule has 0 N–H and O–H groups in total. The molecule has 2 bridgehead atoms. The third kappa shape index (κ3) is 2.65. The van der Waals surface area contributed by atoms with E-state index in [1.165, 1.54) is 14.2 Å². The maximum atomic E-state index is 13.2. The first-order valence-electron chi connectivity index (χ1n) is 9.89. The lowest BCUT2D eigenvalue weighted by Gasteiger charge is -2.40. The number of hydrogen-bond acceptors (Lipinski definition) is 6. The van der Waals surface area contributed by atoms with Gasteiger partial charge in [-0.25, -0.2) is 14.4 Å². The van der Waals surface area contributed by atoms with Gasteiger partial charge in [0.25, 0.3) is 0 Å². The molecule has 3 aliphatic rings. The Labute approximate surface area is 179 Å². The molecule has 0 spiro atoms. The molecule has 2 aliphatic heterocycles. The van der Waals surface area contributed by atoms with Crippen LogP contribution < -0.4 is 0 Å². The number of hydrogen-bond donors (Lipinski definition) is 0. The third-order valence-corrected chi connectivity index (χ3v) is 6.36. The number of carbonyl (C=O) groups is 3. The Hall–Kier alpha value is -3.79. The van der Waals surface area contributed by atoms with Gasteiger partial charge in [-0.2, -0.15) is 0 Å². The number of fused-ring (bicyclic) bond motifs is 8. The SMILES string of the molecule is COC(=O)C1=C(C(=O)OC)C2C1C1c3cc#ccc3C2N1C(=O)OCc1ccccc1. The van der Waals surface area contributed by atoms with Crippen LogP contribution >= 0.6 is 0 Å². The van der Waals surface area contributed by atoms with E-state index in [9.17, 15) is 14.4 Å². The molecular formula is C24H19NO6. The molecule has 1 amide bonds. The number of methoxy groups -OCH3 is 2. The Morgan fingerprint density at radius 2 is 1.39 bits per heavy atom. The summed E-state index contributed by atoms with van der Waals surface area (Å²) in [5.41, 5.74) is 3.17. The number of nitrogens with zero attached hydrogens (tertiary/aromatic N) is 1. The first-order chi connectivity index (χ1) is 15.1. The second kappa shape index (κ2) is 7.17. The highest BCUT2D eigenvalue weighted by molar-refractivity contribution is 6.05. The third-order valence-electron chi connectivity index (χ3n) is 6.36. The maximum Gasteiger partial charge on any atom is 0.411 e. The zero-order valence-corrected chi connectivity index (χ0v) is 17.0. The van der Waals surface area contributed by atoms with Gasteiger partial charge in [0, 0.05) is 11.8 Å². The molecule has 2 aromatic rings. The van der Waals surface area contributed by atoms with E-state index in [-0.39, 0.29) is 29.6 Å². The van der Waals surface area contributed by atoms with Crippen LogP contribution in [0.15, 0.2) is 53.6 Å². The number of carbonyl (C=O) groups excluding carboxylic acids is 3. The van der Waals surface area contributed by atoms with Gasteiger partial charge in [-0.05, 0) is 28.8 Å². The monoisotopic (exact) mass is 417 g/mol. The van der Waals surface area contributed by atoms with Crippen molar-refractivity contribution in [2.75, 3.05) is 14.2 Å². The summed E-state index contributed by atoms with van der Waals surface area (Å²) >= 11 is 0. The van der Waals surface area contributed by atoms with Crippen LogP contribution in [0.3, 0.4) is 0 Å². The summed E-state index contributed by atoms with van der Waals surface area (Å²) < 4.78 is 15.5. The molecule has 7 nitrogen and oxygen atoms in total. The average Bonchev–Trinajstić information content (AvgIpc) is 3.26. The normalized spacial score (nSPS) is 24.5. The van der Waals surface area contributed by atoms with E-state index in [2.05, 4.69) is 12.1 Å². The number of amides is 1. The Bertz CT molecular complexity index is 1050. The number of rotatable bonds is 4. The molecule has 1 aliphatic carbocycles. The molecule has 2 heterocycles. The molecule has 0 radical (unpaired) electrons. The van der Waals surface area contributed by atoms with Crippen molar-refractivity contribution in [1.29, 1.82) is 0 Å². The quantitative estimate of drug-likeness (QED) is 0.562. The van der Waals surface area contributed by atoms with Gasteiger partial charge in [0.15, 0.2) is 0 Å². The fourth-order valence-corrected chi connectivity index (χ4v) is 5.19. The Kier molecular flexibility index (Phi) is 4.44. The minimum absolute atomic E-state index is 0.126. The molecule has 0 aromatic heterocycles. The zero-order valence-electron chi connectivity index (χ0n) is 17.0. The van der Waals surface area contributed by atoms with Crippen LogP contribution in [0.5, 0.6) is 0 Å². The van der Waals surface area contributed by atoms with Crippen LogP contribution in [0.1, 0.15) is 28.8 Å². The highest BCUT2D eigenvalue weighted by Gasteiger charge is 2.68. The van der Waals surface area contributed by atoms with Gasteiger partial charge in [-0.1, -0.05) is 42.5 Å². The second-order valence-electron chi connectivity index (χ2n) is 7.69. The van der Waals surface area contributed by atoms with Gasteiger partial charge < -0.3 is 14.2 Å². The Morgan fingerprint density at radius 1 is 0.871 bits per heavy atom. The number of ether oxygens (including phenoxy) is 3. The van der Waals surface area contributed by atoms with E-state index in [1.807, 2.05) is 30.3 Å². The fraction of sp³-hybridized carbons (Fsp3) is 0.292. The van der Waals surface area contributed by atoms with Crippen LogP contribution in [0.25, 0.3) is 0 Å². The summed E-state index contributed by atoms with van der Waals surface area (Å²) in [5, 5.41) is 0. The molecule has 2 aromatic carbocycles. The minimum atomic E-state index is -0.583. The van der Waals surface area contributed by atoms with Crippen LogP contribution in [0, 0.1) is 24.0 Å². The van der Waals surface area contributed by atoms with E-state index < -0.39 is 30.1 Å². The number of benzene rings is 1. The summed E-state index contributed by atoms with van der Waals surface area (Å²) in [4.78, 5) is 39.8. The van der Waals surface area contributed by atoms with E-state index >= 15 is 0 Å². The summed E-state index contributed by atoms with van der Waals surface area (Å²) in [7, 11) is 2.54. The van der Waals surface area contributed by atoms with E-state index in [4.69, 9.17) is 14.2 Å². The van der Waals surface area contributed by atoms with Crippen LogP contribution in [0.2, 0.25) is 0 Å². The average molecular weight is 417 g/mol. The lowest BCUT2D eigenvalue weighted by Crippen LogP contribution is -2.42. The highest BCUT2D eigenvalue weighted by atomic mass is 16.6. The number of esters is 2. The van der Waals surface area contributed by atoms with E-state index in [0.717, 1.165) is 16.7 Å². The van der Waals surface area contributed by atoms with Crippen molar-refractivity contribution in [2.45, 2.75) is 18.7 Å². The standard InChI is InChI=1S/C24H19NO6/c1-29-22(26)18-16-17(19(18)23(27)30-2)21-15-11-7-6-10-14(15)20(16)25(21)24(28)31-12-13-8-4-3-5-9-13/h3-5,8-11,16-17,20-21H,12H2,1-2H3. The van der Waals surface area contributed by atoms with Crippen molar-refractivity contribution in [3.63, 3.8) is 0 Å². The molecule has 1 fully saturated rings. The molecule has 1 saturated heterocycles. The molecule has 156 valence electrons. The van der Waals surface area contributed by atoms with Crippen LogP contribution in [-0.4, -0.2) is 37.2 Å². The van der Waals surface area contributed by atoms with Crippen LogP contribution in [0.4, 0.5) is 4.79 Å². The summed E-state index contributed by atoms with van der Waals surface area (Å²) in [6.45, 7) is 0.126. The fourth-order valence-electron chi connectivity index (χ4n) is 5.19. The molecule has 4 unspecified atom stereocenters. The van der Waals surface area contributed by atoms with E-state index in [1.54, 1.807) is 17.0 Å². The van der Waals surface area contributed by atoms with E-state index in [0.29, 0.717) is 0 Å². The summed E-state index contributed by atoms with van der Waals surface area (Å²) in [6.07, 6.45) is -0.502. The minimum Gasteiger partial charge on any atom is -0.466 e. The van der Waals surface area contributed by atoms with Crippen molar-refractivity contribution in [3.8, 4) is 0 Å². The van der Waals surface area contributed by atoms with Crippen molar-refractivity contribution in [2.24, 2.45) is 11.8 Å². The molecule has 7 heteroatoms. The first kappa shape index (κ1) is 19.2. The van der Waals surface area contributed by atoms with Gasteiger partial charge >= 0.3 is 18.0 Å². The molecule has 4 atom stereocenters. The van der Waals surface area contributed by atoms with Gasteiger partial charge in [0.2, 0.25) is 0 Å². The summed E-state index contributed by atoms with van der Waals surface area (Å²) in [6, 6.07) is 17.9. The first-order valence-corrected chi connectivity index (χ1v) is 9.89. The zero-order chi connectivity index (χ0) is 21.7. The second-order valence-corrected chi connectivity index (χ2v) is 7.69. The maximum absolute atomic E-state index is 13.2. The Morgan fingerprint density at radius 3 is 1.87 bits per heavy atom.